The van der Waals surface area contributed by atoms with E-state index in [1.165, 1.54) is 128 Å². The lowest BCUT2D eigenvalue weighted by molar-refractivity contribution is 0.371. The van der Waals surface area contributed by atoms with Crippen LogP contribution in [-0.2, 0) is 0 Å². The highest BCUT2D eigenvalue weighted by atomic mass is 14.2. The van der Waals surface area contributed by atoms with Gasteiger partial charge in [0.1, 0.15) is 0 Å². The molecule has 0 spiro atoms. The fourth-order valence-electron chi connectivity index (χ4n) is 4.46. The van der Waals surface area contributed by atoms with Crippen molar-refractivity contribution in [2.45, 2.75) is 156 Å². The third-order valence-corrected chi connectivity index (χ3v) is 6.24. The van der Waals surface area contributed by atoms with E-state index in [4.69, 9.17) is 0 Å². The number of hydrogen-bond donors (Lipinski definition) is 0. The van der Waals surface area contributed by atoms with E-state index < -0.39 is 0 Å². The van der Waals surface area contributed by atoms with Gasteiger partial charge in [0.25, 0.3) is 0 Å². The van der Waals surface area contributed by atoms with Crippen molar-refractivity contribution in [2.24, 2.45) is 11.8 Å². The van der Waals surface area contributed by atoms with E-state index in [-0.39, 0.29) is 0 Å². The summed E-state index contributed by atoms with van der Waals surface area (Å²) >= 11 is 0. The van der Waals surface area contributed by atoms with Gasteiger partial charge in [-0.25, -0.2) is 0 Å². The quantitative estimate of drug-likeness (QED) is 0.164. The van der Waals surface area contributed by atoms with E-state index >= 15 is 0 Å². The average molecular weight is 380 g/mol. The van der Waals surface area contributed by atoms with Crippen LogP contribution in [0, 0.1) is 18.3 Å². The molecule has 0 aromatic carbocycles. The van der Waals surface area contributed by atoms with Crippen LogP contribution in [0.1, 0.15) is 156 Å². The Kier molecular flexibility index (Phi) is 22.3. The molecule has 2 unspecified atom stereocenters. The smallest absolute Gasteiger partial charge is 0.0324 e. The topological polar surface area (TPSA) is 0 Å². The fraction of sp³-hybridized carbons (Fsp3) is 0.963. The Hall–Kier alpha value is 0. The van der Waals surface area contributed by atoms with Crippen LogP contribution in [0.4, 0.5) is 0 Å². The first kappa shape index (κ1) is 27.0. The Balaban J connectivity index is 4.22. The van der Waals surface area contributed by atoms with Crippen molar-refractivity contribution < 1.29 is 0 Å². The Bertz CT molecular complexity index is 257. The zero-order chi connectivity index (χ0) is 20.0. The predicted molar refractivity (Wildman–Crippen MR) is 126 cm³/mol. The first-order valence-corrected chi connectivity index (χ1v) is 13.1. The van der Waals surface area contributed by atoms with E-state index in [0.717, 1.165) is 11.8 Å². The van der Waals surface area contributed by atoms with Crippen LogP contribution in [0.3, 0.4) is 0 Å². The first-order valence-electron chi connectivity index (χ1n) is 13.1. The van der Waals surface area contributed by atoms with Crippen LogP contribution in [0.2, 0.25) is 0 Å². The molecule has 0 rings (SSSR count). The summed E-state index contributed by atoms with van der Waals surface area (Å²) in [6.45, 7) is 9.34. The molecule has 0 aliphatic carbocycles. The van der Waals surface area contributed by atoms with Gasteiger partial charge in [0, 0.05) is 0 Å². The lowest BCUT2D eigenvalue weighted by Gasteiger charge is -2.23. The third kappa shape index (κ3) is 19.1. The highest BCUT2D eigenvalue weighted by Crippen LogP contribution is 2.29. The van der Waals surface area contributed by atoms with E-state index in [0.29, 0.717) is 0 Å². The molecule has 163 valence electrons. The van der Waals surface area contributed by atoms with Gasteiger partial charge >= 0.3 is 0 Å². The minimum atomic E-state index is 0.896. The maximum Gasteiger partial charge on any atom is -0.0324 e. The standard InChI is InChI=1S/C27H55/c1-5-9-12-15-17-20-22-26(21-8-4)25-27(23-18-14-11-7-3)24-19-16-13-10-6-2/h25-27H,5-24H2,1-4H3. The lowest BCUT2D eigenvalue weighted by Crippen LogP contribution is -2.11. The van der Waals surface area contributed by atoms with Crippen molar-refractivity contribution in [3.63, 3.8) is 0 Å². The summed E-state index contributed by atoms with van der Waals surface area (Å²) in [7, 11) is 0. The molecule has 0 aromatic rings. The zero-order valence-electron chi connectivity index (χ0n) is 19.9. The molecule has 0 aliphatic rings. The molecule has 0 heterocycles. The van der Waals surface area contributed by atoms with Gasteiger partial charge < -0.3 is 0 Å². The van der Waals surface area contributed by atoms with Gasteiger partial charge in [-0.3, -0.25) is 0 Å². The molecule has 0 amide bonds. The number of rotatable bonds is 22. The third-order valence-electron chi connectivity index (χ3n) is 6.24. The second-order valence-corrected chi connectivity index (χ2v) is 9.11. The van der Waals surface area contributed by atoms with Crippen LogP contribution in [0.5, 0.6) is 0 Å². The first-order chi connectivity index (χ1) is 13.3. The second kappa shape index (κ2) is 22.3. The highest BCUT2D eigenvalue weighted by Gasteiger charge is 2.16. The van der Waals surface area contributed by atoms with E-state index in [2.05, 4.69) is 34.1 Å². The maximum absolute atomic E-state index is 2.83. The van der Waals surface area contributed by atoms with Crippen molar-refractivity contribution in [3.05, 3.63) is 6.42 Å². The van der Waals surface area contributed by atoms with Crippen LogP contribution < -0.4 is 0 Å². The molecule has 0 fully saturated rings. The molecule has 0 nitrogen and oxygen atoms in total. The van der Waals surface area contributed by atoms with E-state index in [9.17, 15) is 0 Å². The summed E-state index contributed by atoms with van der Waals surface area (Å²) in [6, 6.07) is 0. The summed E-state index contributed by atoms with van der Waals surface area (Å²) in [4.78, 5) is 0. The van der Waals surface area contributed by atoms with Gasteiger partial charge in [0.2, 0.25) is 0 Å². The van der Waals surface area contributed by atoms with Crippen molar-refractivity contribution in [2.75, 3.05) is 0 Å². The highest BCUT2D eigenvalue weighted by molar-refractivity contribution is 4.84. The van der Waals surface area contributed by atoms with Gasteiger partial charge in [-0.15, -0.1) is 0 Å². The minimum absolute atomic E-state index is 0.896. The van der Waals surface area contributed by atoms with Crippen molar-refractivity contribution >= 4 is 0 Å². The molecule has 0 heteroatoms. The normalized spacial score (nSPS) is 13.8. The molecule has 0 saturated heterocycles. The summed E-state index contributed by atoms with van der Waals surface area (Å²) in [5.74, 6) is 1.80. The monoisotopic (exact) mass is 379 g/mol. The Morgan fingerprint density at radius 1 is 0.370 bits per heavy atom. The van der Waals surface area contributed by atoms with Gasteiger partial charge in [-0.1, -0.05) is 156 Å². The Labute approximate surface area is 174 Å². The van der Waals surface area contributed by atoms with E-state index in [1.54, 1.807) is 0 Å². The fourth-order valence-corrected chi connectivity index (χ4v) is 4.46. The van der Waals surface area contributed by atoms with Gasteiger partial charge in [-0.05, 0) is 18.3 Å². The predicted octanol–water partition coefficient (Wildman–Crippen LogP) is 10.3. The van der Waals surface area contributed by atoms with Crippen LogP contribution in [-0.4, -0.2) is 0 Å². The Morgan fingerprint density at radius 2 is 0.704 bits per heavy atom. The molecule has 0 aromatic heterocycles. The molecule has 1 radical (unpaired) electrons. The average Bonchev–Trinajstić information content (AvgIpc) is 2.67. The van der Waals surface area contributed by atoms with Gasteiger partial charge in [-0.2, -0.15) is 0 Å². The summed E-state index contributed by atoms with van der Waals surface area (Å²) in [5.41, 5.74) is 0. The SMILES string of the molecule is CCCCCCCCC([CH]C(CCCCCC)CCCCCCC)CCC. The minimum Gasteiger partial charge on any atom is -0.0654 e. The molecule has 0 N–H and O–H groups in total. The molecular formula is C27H55. The summed E-state index contributed by atoms with van der Waals surface area (Å²) in [5, 5.41) is 0. The van der Waals surface area contributed by atoms with Crippen molar-refractivity contribution in [1.29, 1.82) is 0 Å². The molecule has 0 saturated carbocycles. The maximum atomic E-state index is 2.83. The zero-order valence-corrected chi connectivity index (χ0v) is 19.9. The lowest BCUT2D eigenvalue weighted by atomic mass is 9.82. The van der Waals surface area contributed by atoms with E-state index in [1.807, 2.05) is 0 Å². The molecule has 0 bridgehead atoms. The van der Waals surface area contributed by atoms with Gasteiger partial charge in [0.15, 0.2) is 0 Å². The van der Waals surface area contributed by atoms with Crippen molar-refractivity contribution in [3.8, 4) is 0 Å². The second-order valence-electron chi connectivity index (χ2n) is 9.11. The summed E-state index contributed by atoms with van der Waals surface area (Å²) < 4.78 is 0. The summed E-state index contributed by atoms with van der Waals surface area (Å²) in [6.07, 6.45) is 31.5. The van der Waals surface area contributed by atoms with Crippen molar-refractivity contribution in [1.82, 2.24) is 0 Å². The molecule has 0 aliphatic heterocycles. The van der Waals surface area contributed by atoms with Crippen LogP contribution in [0.15, 0.2) is 0 Å². The number of hydrogen-bond acceptors (Lipinski definition) is 0. The largest absolute Gasteiger partial charge is 0.0654 e. The van der Waals surface area contributed by atoms with Crippen LogP contribution in [0.25, 0.3) is 0 Å². The molecular weight excluding hydrogens is 324 g/mol. The Morgan fingerprint density at radius 3 is 1.11 bits per heavy atom. The molecule has 2 atom stereocenters. The van der Waals surface area contributed by atoms with Gasteiger partial charge in [0.05, 0.1) is 0 Å². The van der Waals surface area contributed by atoms with Crippen LogP contribution >= 0.6 is 0 Å². The molecule has 27 heavy (non-hydrogen) atoms. The number of unbranched alkanes of at least 4 members (excludes halogenated alkanes) is 12.